The molecular formula is C17H24N2O4S. The van der Waals surface area contributed by atoms with Gasteiger partial charge in [-0.2, -0.15) is 0 Å². The summed E-state index contributed by atoms with van der Waals surface area (Å²) in [6, 6.07) is 3.59. The quantitative estimate of drug-likeness (QED) is 0.881. The van der Waals surface area contributed by atoms with E-state index in [1.807, 2.05) is 22.4 Å². The Hall–Kier alpha value is -1.44. The first-order valence-electron chi connectivity index (χ1n) is 8.48. The van der Waals surface area contributed by atoms with E-state index in [-0.39, 0.29) is 36.6 Å². The second kappa shape index (κ2) is 8.09. The molecule has 0 aromatic carbocycles. The van der Waals surface area contributed by atoms with Crippen LogP contribution in [0.15, 0.2) is 17.5 Å². The van der Waals surface area contributed by atoms with Crippen LogP contribution in [0.3, 0.4) is 0 Å². The molecule has 0 aliphatic carbocycles. The zero-order valence-corrected chi connectivity index (χ0v) is 14.7. The van der Waals surface area contributed by atoms with Crippen LogP contribution in [0.25, 0.3) is 0 Å². The number of hydrogen-bond donors (Lipinski definition) is 1. The molecule has 6 nitrogen and oxygen atoms in total. The minimum atomic E-state index is -0.310. The van der Waals surface area contributed by atoms with Gasteiger partial charge in [0, 0.05) is 18.3 Å². The van der Waals surface area contributed by atoms with Gasteiger partial charge in [-0.1, -0.05) is 6.07 Å². The summed E-state index contributed by atoms with van der Waals surface area (Å²) in [5.41, 5.74) is 0. The number of carbonyl (C=O) groups excluding carboxylic acids is 2. The van der Waals surface area contributed by atoms with Crippen molar-refractivity contribution in [1.82, 2.24) is 10.2 Å². The number of nitrogens with one attached hydrogen (secondary N) is 1. The van der Waals surface area contributed by atoms with Gasteiger partial charge in [0.05, 0.1) is 31.7 Å². The van der Waals surface area contributed by atoms with Crippen molar-refractivity contribution in [2.45, 2.75) is 51.0 Å². The van der Waals surface area contributed by atoms with Crippen LogP contribution in [0.4, 0.5) is 0 Å². The van der Waals surface area contributed by atoms with Gasteiger partial charge < -0.3 is 19.7 Å². The van der Waals surface area contributed by atoms with E-state index in [1.165, 1.54) is 6.92 Å². The molecule has 0 bridgehead atoms. The first-order valence-corrected chi connectivity index (χ1v) is 9.36. The number of amides is 2. The zero-order valence-electron chi connectivity index (χ0n) is 13.9. The molecule has 1 aromatic rings. The highest BCUT2D eigenvalue weighted by Crippen LogP contribution is 2.28. The topological polar surface area (TPSA) is 67.9 Å². The Morgan fingerprint density at radius 1 is 1.38 bits per heavy atom. The Balaban J connectivity index is 1.69. The molecule has 2 amide bonds. The standard InChI is InChI=1S/C17H24N2O4S/c1-12(20)18-13(15-6-4-10-24-15)11-16(21)19-7-3-2-5-14(19)17-22-8-9-23-17/h4,6,10,13-14,17H,2-3,5,7-9,11H2,1H3,(H,18,20)/t13-,14-/m0/s1. The van der Waals surface area contributed by atoms with Crippen LogP contribution in [0.2, 0.25) is 0 Å². The maximum Gasteiger partial charge on any atom is 0.225 e. The van der Waals surface area contributed by atoms with E-state index in [0.29, 0.717) is 13.2 Å². The van der Waals surface area contributed by atoms with Crippen LogP contribution in [-0.4, -0.2) is 48.8 Å². The normalized spacial score (nSPS) is 23.2. The number of carbonyl (C=O) groups is 2. The highest BCUT2D eigenvalue weighted by Gasteiger charge is 2.36. The largest absolute Gasteiger partial charge is 0.348 e. The number of nitrogens with zero attached hydrogens (tertiary/aromatic N) is 1. The summed E-state index contributed by atoms with van der Waals surface area (Å²) in [7, 11) is 0. The van der Waals surface area contributed by atoms with Crippen molar-refractivity contribution in [2.75, 3.05) is 19.8 Å². The van der Waals surface area contributed by atoms with Crippen molar-refractivity contribution in [1.29, 1.82) is 0 Å². The molecule has 1 aromatic heterocycles. The van der Waals surface area contributed by atoms with E-state index < -0.39 is 0 Å². The van der Waals surface area contributed by atoms with Crippen LogP contribution in [0.5, 0.6) is 0 Å². The molecule has 1 N–H and O–H groups in total. The molecule has 3 heterocycles. The summed E-state index contributed by atoms with van der Waals surface area (Å²) < 4.78 is 11.3. The van der Waals surface area contributed by atoms with Gasteiger partial charge in [-0.05, 0) is 30.7 Å². The van der Waals surface area contributed by atoms with E-state index in [0.717, 1.165) is 30.7 Å². The van der Waals surface area contributed by atoms with Gasteiger partial charge in [-0.15, -0.1) is 11.3 Å². The van der Waals surface area contributed by atoms with Crippen molar-refractivity contribution in [3.05, 3.63) is 22.4 Å². The Morgan fingerprint density at radius 2 is 2.17 bits per heavy atom. The zero-order chi connectivity index (χ0) is 16.9. The van der Waals surface area contributed by atoms with Crippen molar-refractivity contribution >= 4 is 23.2 Å². The number of ether oxygens (including phenoxy) is 2. The molecule has 2 atom stereocenters. The molecular weight excluding hydrogens is 328 g/mol. The maximum atomic E-state index is 12.9. The second-order valence-corrected chi connectivity index (χ2v) is 7.21. The van der Waals surface area contributed by atoms with E-state index in [9.17, 15) is 9.59 Å². The van der Waals surface area contributed by atoms with Crippen LogP contribution in [0.1, 0.15) is 43.5 Å². The summed E-state index contributed by atoms with van der Waals surface area (Å²) in [4.78, 5) is 27.3. The predicted molar refractivity (Wildman–Crippen MR) is 90.5 cm³/mol. The highest BCUT2D eigenvalue weighted by molar-refractivity contribution is 7.10. The van der Waals surface area contributed by atoms with Gasteiger partial charge in [0.25, 0.3) is 0 Å². The van der Waals surface area contributed by atoms with Crippen molar-refractivity contribution in [3.63, 3.8) is 0 Å². The van der Waals surface area contributed by atoms with E-state index >= 15 is 0 Å². The fraction of sp³-hybridized carbons (Fsp3) is 0.647. The Kier molecular flexibility index (Phi) is 5.86. The molecule has 24 heavy (non-hydrogen) atoms. The monoisotopic (exact) mass is 352 g/mol. The van der Waals surface area contributed by atoms with Crippen molar-refractivity contribution < 1.29 is 19.1 Å². The van der Waals surface area contributed by atoms with Crippen molar-refractivity contribution in [3.8, 4) is 0 Å². The summed E-state index contributed by atoms with van der Waals surface area (Å²) in [5, 5.41) is 4.86. The summed E-state index contributed by atoms with van der Waals surface area (Å²) in [6.07, 6.45) is 2.94. The average Bonchev–Trinajstić information content (AvgIpc) is 3.27. The summed E-state index contributed by atoms with van der Waals surface area (Å²) >= 11 is 1.55. The third-order valence-electron chi connectivity index (χ3n) is 4.47. The number of hydrogen-bond acceptors (Lipinski definition) is 5. The maximum absolute atomic E-state index is 12.9. The van der Waals surface area contributed by atoms with Gasteiger partial charge in [0.15, 0.2) is 6.29 Å². The fourth-order valence-corrected chi connectivity index (χ4v) is 4.18. The number of piperidine rings is 1. The molecule has 2 fully saturated rings. The lowest BCUT2D eigenvalue weighted by atomic mass is 10.00. The van der Waals surface area contributed by atoms with Crippen LogP contribution in [-0.2, 0) is 19.1 Å². The molecule has 2 saturated heterocycles. The Morgan fingerprint density at radius 3 is 2.83 bits per heavy atom. The Bertz CT molecular complexity index is 557. The third kappa shape index (κ3) is 4.15. The van der Waals surface area contributed by atoms with Crippen LogP contribution >= 0.6 is 11.3 Å². The molecule has 3 rings (SSSR count). The van der Waals surface area contributed by atoms with Crippen LogP contribution < -0.4 is 5.32 Å². The molecule has 0 saturated carbocycles. The van der Waals surface area contributed by atoms with Gasteiger partial charge in [0.2, 0.25) is 11.8 Å². The molecule has 2 aliphatic heterocycles. The van der Waals surface area contributed by atoms with Crippen LogP contribution in [0, 0.1) is 0 Å². The molecule has 0 unspecified atom stereocenters. The van der Waals surface area contributed by atoms with Gasteiger partial charge in [0.1, 0.15) is 0 Å². The molecule has 0 spiro atoms. The minimum Gasteiger partial charge on any atom is -0.348 e. The SMILES string of the molecule is CC(=O)N[C@@H](CC(=O)N1CCCC[C@H]1C1OCCO1)c1cccs1. The second-order valence-electron chi connectivity index (χ2n) is 6.23. The first-order chi connectivity index (χ1) is 11.6. The lowest BCUT2D eigenvalue weighted by Gasteiger charge is -2.38. The smallest absolute Gasteiger partial charge is 0.225 e. The highest BCUT2D eigenvalue weighted by atomic mass is 32.1. The van der Waals surface area contributed by atoms with E-state index in [4.69, 9.17) is 9.47 Å². The number of rotatable bonds is 5. The number of likely N-dealkylation sites (tertiary alicyclic amines) is 1. The Labute approximate surface area is 146 Å². The van der Waals surface area contributed by atoms with E-state index in [2.05, 4.69) is 5.32 Å². The first kappa shape index (κ1) is 17.4. The number of thiophene rings is 1. The van der Waals surface area contributed by atoms with Gasteiger partial charge >= 0.3 is 0 Å². The minimum absolute atomic E-state index is 0.0185. The molecule has 7 heteroatoms. The third-order valence-corrected chi connectivity index (χ3v) is 5.46. The summed E-state index contributed by atoms with van der Waals surface area (Å²) in [5.74, 6) is -0.0789. The lowest BCUT2D eigenvalue weighted by Crippen LogP contribution is -2.50. The lowest BCUT2D eigenvalue weighted by molar-refractivity contribution is -0.151. The predicted octanol–water partition coefficient (Wildman–Crippen LogP) is 2.07. The summed E-state index contributed by atoms with van der Waals surface area (Å²) in [6.45, 7) is 3.39. The fourth-order valence-electron chi connectivity index (χ4n) is 3.40. The van der Waals surface area contributed by atoms with E-state index in [1.54, 1.807) is 11.3 Å². The van der Waals surface area contributed by atoms with Gasteiger partial charge in [-0.25, -0.2) is 0 Å². The van der Waals surface area contributed by atoms with Crippen molar-refractivity contribution in [2.24, 2.45) is 0 Å². The van der Waals surface area contributed by atoms with Gasteiger partial charge in [-0.3, -0.25) is 9.59 Å². The molecule has 2 aliphatic rings. The molecule has 132 valence electrons. The average molecular weight is 352 g/mol. The molecule has 0 radical (unpaired) electrons.